The lowest BCUT2D eigenvalue weighted by molar-refractivity contribution is -0.142. The van der Waals surface area contributed by atoms with Crippen molar-refractivity contribution in [3.05, 3.63) is 33.8 Å². The molecule has 2 aliphatic heterocycles. The van der Waals surface area contributed by atoms with E-state index in [1.807, 2.05) is 28.9 Å². The number of benzene rings is 1. The van der Waals surface area contributed by atoms with E-state index in [-0.39, 0.29) is 35.1 Å². The first-order valence-corrected chi connectivity index (χ1v) is 10.8. The van der Waals surface area contributed by atoms with Crippen LogP contribution in [0.5, 0.6) is 0 Å². The van der Waals surface area contributed by atoms with Crippen molar-refractivity contribution in [2.75, 3.05) is 26.2 Å². The van der Waals surface area contributed by atoms with Crippen LogP contribution in [0, 0.1) is 11.3 Å². The van der Waals surface area contributed by atoms with Crippen LogP contribution in [0.15, 0.2) is 18.2 Å². The second-order valence-corrected chi connectivity index (χ2v) is 9.63. The average Bonchev–Trinajstić information content (AvgIpc) is 3.33. The number of hydrogen-bond donors (Lipinski definition) is 1. The molecular weight excluding hydrogens is 397 g/mol. The van der Waals surface area contributed by atoms with Crippen LogP contribution in [0.2, 0.25) is 10.0 Å². The van der Waals surface area contributed by atoms with E-state index in [2.05, 4.69) is 0 Å². The molecule has 4 rings (SSSR count). The first kappa shape index (κ1) is 20.0. The van der Waals surface area contributed by atoms with Gasteiger partial charge >= 0.3 is 0 Å². The van der Waals surface area contributed by atoms with Gasteiger partial charge in [-0.3, -0.25) is 9.59 Å². The second-order valence-electron chi connectivity index (χ2n) is 8.81. The highest BCUT2D eigenvalue weighted by molar-refractivity contribution is 6.42. The van der Waals surface area contributed by atoms with Crippen LogP contribution in [0.1, 0.15) is 44.1 Å². The van der Waals surface area contributed by atoms with E-state index in [1.165, 1.54) is 0 Å². The number of likely N-dealkylation sites (tertiary alicyclic amines) is 2. The Bertz CT molecular complexity index is 788. The third kappa shape index (κ3) is 3.77. The standard InChI is InChI=1S/C21H27Cl2N3O2/c1-21(6-7-21)20(28)25-8-4-13(5-9-25)19(27)26-11-15(18(24)12-26)14-2-3-16(22)17(23)10-14/h2-3,10,13,15,18H,4-9,11-12,24H2,1H3/t15?,18-/m1/s1. The molecule has 28 heavy (non-hydrogen) atoms. The molecule has 0 bridgehead atoms. The van der Waals surface area contributed by atoms with Crippen molar-refractivity contribution in [3.63, 3.8) is 0 Å². The maximum absolute atomic E-state index is 13.0. The zero-order valence-electron chi connectivity index (χ0n) is 16.2. The highest BCUT2D eigenvalue weighted by Gasteiger charge is 2.48. The first-order chi connectivity index (χ1) is 13.3. The lowest BCUT2D eigenvalue weighted by atomic mass is 9.93. The van der Waals surface area contributed by atoms with Crippen molar-refractivity contribution in [2.45, 2.75) is 44.6 Å². The van der Waals surface area contributed by atoms with E-state index in [9.17, 15) is 9.59 Å². The molecule has 2 atom stereocenters. The summed E-state index contributed by atoms with van der Waals surface area (Å²) >= 11 is 12.2. The van der Waals surface area contributed by atoms with Crippen LogP contribution in [0.3, 0.4) is 0 Å². The number of hydrogen-bond acceptors (Lipinski definition) is 3. The summed E-state index contributed by atoms with van der Waals surface area (Å²) < 4.78 is 0. The van der Waals surface area contributed by atoms with Gasteiger partial charge in [0, 0.05) is 49.5 Å². The van der Waals surface area contributed by atoms with E-state index in [4.69, 9.17) is 28.9 Å². The quantitative estimate of drug-likeness (QED) is 0.810. The van der Waals surface area contributed by atoms with Crippen molar-refractivity contribution in [1.29, 1.82) is 0 Å². The van der Waals surface area contributed by atoms with Crippen molar-refractivity contribution in [1.82, 2.24) is 9.80 Å². The Hall–Kier alpha value is -1.30. The van der Waals surface area contributed by atoms with Gasteiger partial charge in [-0.25, -0.2) is 0 Å². The number of carbonyl (C=O) groups excluding carboxylic acids is 2. The molecule has 152 valence electrons. The topological polar surface area (TPSA) is 66.6 Å². The molecule has 2 saturated heterocycles. The maximum atomic E-state index is 13.0. The molecule has 3 fully saturated rings. The SMILES string of the molecule is CC1(C(=O)N2CCC(C(=O)N3CC(c4ccc(Cl)c(Cl)c4)[C@H](N)C3)CC2)CC1. The Morgan fingerprint density at radius 1 is 1.07 bits per heavy atom. The minimum Gasteiger partial charge on any atom is -0.342 e. The molecule has 1 saturated carbocycles. The fourth-order valence-electron chi connectivity index (χ4n) is 4.48. The highest BCUT2D eigenvalue weighted by atomic mass is 35.5. The van der Waals surface area contributed by atoms with Gasteiger partial charge in [-0.2, -0.15) is 0 Å². The molecule has 0 spiro atoms. The molecule has 0 aromatic heterocycles. The number of halogens is 2. The Balaban J connectivity index is 1.35. The van der Waals surface area contributed by atoms with E-state index in [1.54, 1.807) is 6.07 Å². The summed E-state index contributed by atoms with van der Waals surface area (Å²) in [5.74, 6) is 0.482. The van der Waals surface area contributed by atoms with Crippen molar-refractivity contribution in [2.24, 2.45) is 17.1 Å². The molecule has 1 aliphatic carbocycles. The monoisotopic (exact) mass is 423 g/mol. The molecule has 1 aromatic rings. The van der Waals surface area contributed by atoms with Gasteiger partial charge in [-0.05, 0) is 43.4 Å². The molecule has 5 nitrogen and oxygen atoms in total. The second kappa shape index (κ2) is 7.51. The van der Waals surface area contributed by atoms with Crippen LogP contribution >= 0.6 is 23.2 Å². The van der Waals surface area contributed by atoms with E-state index in [0.29, 0.717) is 36.2 Å². The molecule has 3 aliphatic rings. The van der Waals surface area contributed by atoms with Gasteiger partial charge in [-0.15, -0.1) is 0 Å². The zero-order chi connectivity index (χ0) is 20.1. The van der Waals surface area contributed by atoms with Gasteiger partial charge in [0.2, 0.25) is 11.8 Å². The minimum absolute atomic E-state index is 0.0178. The maximum Gasteiger partial charge on any atom is 0.228 e. The van der Waals surface area contributed by atoms with Crippen LogP contribution < -0.4 is 5.73 Å². The van der Waals surface area contributed by atoms with Crippen LogP contribution in [-0.4, -0.2) is 53.8 Å². The normalized spacial score (nSPS) is 27.1. The van der Waals surface area contributed by atoms with Gasteiger partial charge in [0.15, 0.2) is 0 Å². The van der Waals surface area contributed by atoms with E-state index >= 15 is 0 Å². The first-order valence-electron chi connectivity index (χ1n) is 10.1. The van der Waals surface area contributed by atoms with Crippen LogP contribution in [0.25, 0.3) is 0 Å². The Kier molecular flexibility index (Phi) is 5.36. The smallest absolute Gasteiger partial charge is 0.228 e. The predicted octanol–water partition coefficient (Wildman–Crippen LogP) is 3.29. The van der Waals surface area contributed by atoms with Crippen molar-refractivity contribution in [3.8, 4) is 0 Å². The molecule has 0 radical (unpaired) electrons. The average molecular weight is 424 g/mol. The molecule has 2 heterocycles. The molecule has 2 N–H and O–H groups in total. The molecule has 2 amide bonds. The van der Waals surface area contributed by atoms with Crippen molar-refractivity contribution >= 4 is 35.0 Å². The molecule has 1 unspecified atom stereocenters. The highest BCUT2D eigenvalue weighted by Crippen LogP contribution is 2.47. The number of piperidine rings is 1. The Labute approximate surface area is 176 Å². The van der Waals surface area contributed by atoms with Gasteiger partial charge in [-0.1, -0.05) is 36.2 Å². The van der Waals surface area contributed by atoms with Gasteiger partial charge in [0.05, 0.1) is 10.0 Å². The fraction of sp³-hybridized carbons (Fsp3) is 0.619. The molecular formula is C21H27Cl2N3O2. The lowest BCUT2D eigenvalue weighted by Crippen LogP contribution is -2.46. The predicted molar refractivity (Wildman–Crippen MR) is 110 cm³/mol. The Morgan fingerprint density at radius 2 is 1.75 bits per heavy atom. The zero-order valence-corrected chi connectivity index (χ0v) is 17.7. The summed E-state index contributed by atoms with van der Waals surface area (Å²) in [5, 5.41) is 1.03. The fourth-order valence-corrected chi connectivity index (χ4v) is 4.78. The van der Waals surface area contributed by atoms with Gasteiger partial charge < -0.3 is 15.5 Å². The lowest BCUT2D eigenvalue weighted by Gasteiger charge is -2.34. The Morgan fingerprint density at radius 3 is 2.36 bits per heavy atom. The third-order valence-corrected chi connectivity index (χ3v) is 7.44. The number of amides is 2. The largest absolute Gasteiger partial charge is 0.342 e. The minimum atomic E-state index is -0.133. The number of carbonyl (C=O) groups is 2. The number of rotatable bonds is 3. The molecule has 1 aromatic carbocycles. The van der Waals surface area contributed by atoms with E-state index < -0.39 is 0 Å². The van der Waals surface area contributed by atoms with Crippen LogP contribution in [0.4, 0.5) is 0 Å². The molecule has 7 heteroatoms. The summed E-state index contributed by atoms with van der Waals surface area (Å²) in [6.45, 7) is 4.57. The summed E-state index contributed by atoms with van der Waals surface area (Å²) in [7, 11) is 0. The van der Waals surface area contributed by atoms with Crippen molar-refractivity contribution < 1.29 is 9.59 Å². The number of nitrogens with zero attached hydrogens (tertiary/aromatic N) is 2. The summed E-state index contributed by atoms with van der Waals surface area (Å²) in [4.78, 5) is 29.4. The third-order valence-electron chi connectivity index (χ3n) is 6.70. The van der Waals surface area contributed by atoms with Gasteiger partial charge in [0.1, 0.15) is 0 Å². The van der Waals surface area contributed by atoms with E-state index in [0.717, 1.165) is 31.2 Å². The number of nitrogens with two attached hydrogens (primary N) is 1. The van der Waals surface area contributed by atoms with Gasteiger partial charge in [0.25, 0.3) is 0 Å². The summed E-state index contributed by atoms with van der Waals surface area (Å²) in [6, 6.07) is 5.46. The van der Waals surface area contributed by atoms with Crippen LogP contribution in [-0.2, 0) is 9.59 Å². The summed E-state index contributed by atoms with van der Waals surface area (Å²) in [5.41, 5.74) is 7.24. The summed E-state index contributed by atoms with van der Waals surface area (Å²) in [6.07, 6.45) is 3.46.